The average molecular weight is 357 g/mol. The van der Waals surface area contributed by atoms with E-state index in [1.165, 1.54) is 0 Å². The molecule has 1 saturated heterocycles. The molecule has 3 heterocycles. The Morgan fingerprint density at radius 2 is 2.08 bits per heavy atom. The number of carbonyl (C=O) groups is 1. The van der Waals surface area contributed by atoms with Gasteiger partial charge in [-0.15, -0.1) is 0 Å². The van der Waals surface area contributed by atoms with E-state index in [9.17, 15) is 14.7 Å². The smallest absolute Gasteiger partial charge is 0.343 e. The maximum atomic E-state index is 12.9. The van der Waals surface area contributed by atoms with Crippen molar-refractivity contribution in [2.45, 2.75) is 45.3 Å². The second-order valence-corrected chi connectivity index (χ2v) is 6.91. The van der Waals surface area contributed by atoms with Gasteiger partial charge in [-0.05, 0) is 32.6 Å². The molecular weight excluding hydrogens is 334 g/mol. The summed E-state index contributed by atoms with van der Waals surface area (Å²) < 4.78 is 7.01. The van der Waals surface area contributed by atoms with Crippen molar-refractivity contribution in [1.29, 1.82) is 0 Å². The van der Waals surface area contributed by atoms with Crippen LogP contribution in [0.15, 0.2) is 17.2 Å². The Labute approximate surface area is 151 Å². The molecule has 0 unspecified atom stereocenters. The number of rotatable bonds is 5. The highest BCUT2D eigenvalue weighted by atomic mass is 16.5. The van der Waals surface area contributed by atoms with Gasteiger partial charge in [-0.3, -0.25) is 4.79 Å². The lowest BCUT2D eigenvalue weighted by Gasteiger charge is -2.22. The third kappa shape index (κ3) is 2.76. The zero-order valence-electron chi connectivity index (χ0n) is 14.9. The summed E-state index contributed by atoms with van der Waals surface area (Å²) in [5, 5.41) is 10.5. The van der Waals surface area contributed by atoms with Crippen LogP contribution >= 0.6 is 0 Å². The minimum Gasteiger partial charge on any atom is -0.462 e. The number of aromatic nitrogens is 2. The zero-order chi connectivity index (χ0) is 18.3. The third-order valence-electron chi connectivity index (χ3n) is 5.14. The number of anilines is 1. The Hall–Kier alpha value is -2.41. The molecule has 0 aromatic carbocycles. The fraction of sp³-hybridized carbons (Fsp3) is 0.526. The minimum atomic E-state index is -0.608. The molecule has 0 bridgehead atoms. The fourth-order valence-corrected chi connectivity index (χ4v) is 3.74. The van der Waals surface area contributed by atoms with E-state index >= 15 is 0 Å². The lowest BCUT2D eigenvalue weighted by atomic mass is 10.1. The Bertz CT molecular complexity index is 911. The number of hydrogen-bond acceptors (Lipinski definition) is 6. The van der Waals surface area contributed by atoms with E-state index in [1.807, 2.05) is 4.57 Å². The van der Waals surface area contributed by atoms with Crippen molar-refractivity contribution in [1.82, 2.24) is 9.55 Å². The van der Waals surface area contributed by atoms with Crippen molar-refractivity contribution < 1.29 is 14.6 Å². The Morgan fingerprint density at radius 1 is 1.35 bits per heavy atom. The van der Waals surface area contributed by atoms with Gasteiger partial charge in [0.2, 0.25) is 5.43 Å². The molecule has 0 radical (unpaired) electrons. The van der Waals surface area contributed by atoms with Gasteiger partial charge < -0.3 is 19.3 Å². The number of carbonyl (C=O) groups excluding carboxylic acids is 1. The van der Waals surface area contributed by atoms with E-state index < -0.39 is 5.97 Å². The molecule has 4 rings (SSSR count). The first-order valence-electron chi connectivity index (χ1n) is 9.25. The quantitative estimate of drug-likeness (QED) is 0.824. The highest BCUT2D eigenvalue weighted by Crippen LogP contribution is 2.39. The highest BCUT2D eigenvalue weighted by molar-refractivity contribution is 5.95. The van der Waals surface area contributed by atoms with Crippen LogP contribution in [0.2, 0.25) is 0 Å². The van der Waals surface area contributed by atoms with E-state index in [-0.39, 0.29) is 30.2 Å². The van der Waals surface area contributed by atoms with E-state index in [1.54, 1.807) is 19.3 Å². The number of ether oxygens (including phenoxy) is 1. The molecule has 1 saturated carbocycles. The summed E-state index contributed by atoms with van der Waals surface area (Å²) in [7, 11) is 0. The van der Waals surface area contributed by atoms with E-state index in [0.29, 0.717) is 16.5 Å². The number of aliphatic hydroxyl groups is 1. The molecule has 2 aromatic heterocycles. The van der Waals surface area contributed by atoms with Crippen LogP contribution < -0.4 is 10.3 Å². The molecule has 2 aliphatic rings. The molecule has 2 fully saturated rings. The van der Waals surface area contributed by atoms with Crippen LogP contribution in [0.25, 0.3) is 10.9 Å². The van der Waals surface area contributed by atoms with Crippen LogP contribution in [0.4, 0.5) is 5.82 Å². The van der Waals surface area contributed by atoms with Gasteiger partial charge in [-0.2, -0.15) is 0 Å². The van der Waals surface area contributed by atoms with Crippen molar-refractivity contribution in [2.75, 3.05) is 24.6 Å². The molecular formula is C19H23N3O4. The van der Waals surface area contributed by atoms with Crippen LogP contribution in [0, 0.1) is 0 Å². The second kappa shape index (κ2) is 6.72. The first kappa shape index (κ1) is 17.0. The molecule has 1 aliphatic heterocycles. The van der Waals surface area contributed by atoms with E-state index in [2.05, 4.69) is 9.88 Å². The van der Waals surface area contributed by atoms with Crippen LogP contribution in [-0.2, 0) is 11.3 Å². The summed E-state index contributed by atoms with van der Waals surface area (Å²) in [5.41, 5.74) is 1.02. The highest BCUT2D eigenvalue weighted by Gasteiger charge is 2.30. The lowest BCUT2D eigenvalue weighted by Crippen LogP contribution is -2.25. The van der Waals surface area contributed by atoms with Crippen LogP contribution in [0.1, 0.15) is 54.6 Å². The molecule has 138 valence electrons. The molecule has 2 aromatic rings. The second-order valence-electron chi connectivity index (χ2n) is 6.91. The van der Waals surface area contributed by atoms with Crippen LogP contribution in [-0.4, -0.2) is 40.3 Å². The first-order valence-corrected chi connectivity index (χ1v) is 9.25. The monoisotopic (exact) mass is 357 g/mol. The zero-order valence-corrected chi connectivity index (χ0v) is 14.9. The Balaban J connectivity index is 1.97. The normalized spacial score (nSPS) is 17.1. The van der Waals surface area contributed by atoms with E-state index in [0.717, 1.165) is 44.6 Å². The maximum absolute atomic E-state index is 12.9. The van der Waals surface area contributed by atoms with Gasteiger partial charge in [-0.1, -0.05) is 0 Å². The number of hydrogen-bond donors (Lipinski definition) is 1. The summed E-state index contributed by atoms with van der Waals surface area (Å²) in [6, 6.07) is 0.241. The van der Waals surface area contributed by atoms with Gasteiger partial charge in [0.05, 0.1) is 24.1 Å². The number of esters is 1. The van der Waals surface area contributed by atoms with Crippen molar-refractivity contribution in [3.63, 3.8) is 0 Å². The number of fused-ring (bicyclic) bond motifs is 1. The number of nitrogens with zero attached hydrogens (tertiary/aromatic N) is 3. The van der Waals surface area contributed by atoms with Gasteiger partial charge >= 0.3 is 5.97 Å². The van der Waals surface area contributed by atoms with Gasteiger partial charge in [-0.25, -0.2) is 9.78 Å². The van der Waals surface area contributed by atoms with Crippen molar-refractivity contribution >= 4 is 22.7 Å². The van der Waals surface area contributed by atoms with Gasteiger partial charge in [0.15, 0.2) is 0 Å². The summed E-state index contributed by atoms with van der Waals surface area (Å²) in [6.45, 7) is 3.54. The molecule has 26 heavy (non-hydrogen) atoms. The standard InChI is InChI=1S/C19H23N3O4/c1-2-26-19(25)14-10-22(12-5-6-12)16-13(17(14)24)9-20-18(15(16)11-23)21-7-3-4-8-21/h9-10,12,23H,2-8,11H2,1H3. The summed E-state index contributed by atoms with van der Waals surface area (Å²) >= 11 is 0. The average Bonchev–Trinajstić information content (AvgIpc) is 3.34. The third-order valence-corrected chi connectivity index (χ3v) is 5.14. The molecule has 1 N–H and O–H groups in total. The number of pyridine rings is 2. The number of aliphatic hydroxyl groups excluding tert-OH is 1. The molecule has 0 spiro atoms. The summed E-state index contributed by atoms with van der Waals surface area (Å²) in [5.74, 6) is 0.137. The predicted molar refractivity (Wildman–Crippen MR) is 97.6 cm³/mol. The predicted octanol–water partition coefficient (Wildman–Crippen LogP) is 2.00. The minimum absolute atomic E-state index is 0.0332. The van der Waals surface area contributed by atoms with Crippen LogP contribution in [0.3, 0.4) is 0 Å². The first-order chi connectivity index (χ1) is 12.7. The van der Waals surface area contributed by atoms with E-state index in [4.69, 9.17) is 4.74 Å². The molecule has 0 amide bonds. The van der Waals surface area contributed by atoms with Crippen LogP contribution in [0.5, 0.6) is 0 Å². The van der Waals surface area contributed by atoms with Crippen molar-refractivity contribution in [3.05, 3.63) is 33.7 Å². The summed E-state index contributed by atoms with van der Waals surface area (Å²) in [4.78, 5) is 31.8. The largest absolute Gasteiger partial charge is 0.462 e. The molecule has 7 heteroatoms. The lowest BCUT2D eigenvalue weighted by molar-refractivity contribution is 0.0524. The molecule has 1 aliphatic carbocycles. The molecule has 0 atom stereocenters. The SMILES string of the molecule is CCOC(=O)c1cn(C2CC2)c2c(CO)c(N3CCCC3)ncc2c1=O. The van der Waals surface area contributed by atoms with Gasteiger partial charge in [0, 0.05) is 37.1 Å². The molecule has 7 nitrogen and oxygen atoms in total. The topological polar surface area (TPSA) is 84.7 Å². The fourth-order valence-electron chi connectivity index (χ4n) is 3.74. The summed E-state index contributed by atoms with van der Waals surface area (Å²) in [6.07, 6.45) is 7.34. The van der Waals surface area contributed by atoms with Gasteiger partial charge in [0.1, 0.15) is 11.4 Å². The van der Waals surface area contributed by atoms with Crippen molar-refractivity contribution in [2.24, 2.45) is 0 Å². The maximum Gasteiger partial charge on any atom is 0.343 e. The van der Waals surface area contributed by atoms with Crippen molar-refractivity contribution in [3.8, 4) is 0 Å². The Morgan fingerprint density at radius 3 is 2.69 bits per heavy atom. The van der Waals surface area contributed by atoms with Gasteiger partial charge in [0.25, 0.3) is 0 Å². The Kier molecular flexibility index (Phi) is 4.40.